The van der Waals surface area contributed by atoms with E-state index in [0.29, 0.717) is 13.0 Å². The Hall–Kier alpha value is -0.560. The van der Waals surface area contributed by atoms with E-state index in [4.69, 9.17) is 0 Å². The van der Waals surface area contributed by atoms with E-state index >= 15 is 0 Å². The number of esters is 1. The maximum Gasteiger partial charge on any atom is 0.314 e. The van der Waals surface area contributed by atoms with E-state index in [-0.39, 0.29) is 12.0 Å². The van der Waals surface area contributed by atoms with Crippen molar-refractivity contribution in [3.05, 3.63) is 0 Å². The molecule has 1 aliphatic rings. The molecule has 0 aromatic rings. The van der Waals surface area contributed by atoms with Crippen LogP contribution in [0.15, 0.2) is 0 Å². The van der Waals surface area contributed by atoms with Crippen LogP contribution in [-0.2, 0) is 9.53 Å². The number of hydrogen-bond donors (Lipinski definition) is 2. The molecule has 2 amide bonds. The number of hydrogen-bond acceptors (Lipinski definition) is 5. The van der Waals surface area contributed by atoms with E-state index in [1.807, 2.05) is 21.6 Å². The lowest BCUT2D eigenvalue weighted by Gasteiger charge is -2.09. The molecule has 0 bridgehead atoms. The zero-order chi connectivity index (χ0) is 15.3. The van der Waals surface area contributed by atoms with Gasteiger partial charge in [0.15, 0.2) is 0 Å². The van der Waals surface area contributed by atoms with Crippen LogP contribution in [0.5, 0.6) is 0 Å². The van der Waals surface area contributed by atoms with Gasteiger partial charge in [-0.25, -0.2) is 4.79 Å². The molecule has 0 aliphatic carbocycles. The lowest BCUT2D eigenvalue weighted by Crippen LogP contribution is -2.36. The third-order valence-electron chi connectivity index (χ3n) is 3.29. The van der Waals surface area contributed by atoms with E-state index < -0.39 is 0 Å². The highest BCUT2D eigenvalue weighted by atomic mass is 33.1. The van der Waals surface area contributed by atoms with Gasteiger partial charge in [-0.3, -0.25) is 4.79 Å². The van der Waals surface area contributed by atoms with Crippen LogP contribution in [0.1, 0.15) is 44.9 Å². The Labute approximate surface area is 135 Å². The highest BCUT2D eigenvalue weighted by molar-refractivity contribution is 8.77. The highest BCUT2D eigenvalue weighted by Gasteiger charge is 2.15. The van der Waals surface area contributed by atoms with Crippen LogP contribution in [0, 0.1) is 0 Å². The molecule has 1 heterocycles. The molecule has 0 spiro atoms. The second-order valence-corrected chi connectivity index (χ2v) is 7.83. The smallest absolute Gasteiger partial charge is 0.314 e. The molecule has 5 nitrogen and oxygen atoms in total. The van der Waals surface area contributed by atoms with Gasteiger partial charge in [0, 0.05) is 30.5 Å². The van der Waals surface area contributed by atoms with Crippen LogP contribution >= 0.6 is 21.6 Å². The molecule has 1 unspecified atom stereocenters. The Kier molecular flexibility index (Phi) is 10.6. The first-order valence-electron chi connectivity index (χ1n) is 7.59. The van der Waals surface area contributed by atoms with E-state index in [1.165, 1.54) is 32.1 Å². The van der Waals surface area contributed by atoms with E-state index in [0.717, 1.165) is 31.1 Å². The number of ether oxygens (including phenoxy) is 1. The van der Waals surface area contributed by atoms with Gasteiger partial charge in [0.1, 0.15) is 0 Å². The number of unbranched alkanes of at least 4 members (excludes halogenated alkanes) is 2. The van der Waals surface area contributed by atoms with Gasteiger partial charge < -0.3 is 15.4 Å². The topological polar surface area (TPSA) is 67.4 Å². The zero-order valence-electron chi connectivity index (χ0n) is 12.7. The molecular weight excluding hydrogens is 308 g/mol. The molecule has 21 heavy (non-hydrogen) atoms. The summed E-state index contributed by atoms with van der Waals surface area (Å²) in [4.78, 5) is 22.4. The standard InChI is InChI=1S/C14H26N2O3S2/c1-19-13(17)7-3-5-10-16-14(18)15-9-4-2-6-12-8-11-20-21-12/h12H,2-11H2,1H3,(H2,15,16,18). The van der Waals surface area contributed by atoms with Crippen LogP contribution in [-0.4, -0.2) is 43.2 Å². The largest absolute Gasteiger partial charge is 0.469 e. The van der Waals surface area contributed by atoms with Crippen LogP contribution < -0.4 is 10.6 Å². The number of nitrogens with one attached hydrogen (secondary N) is 2. The van der Waals surface area contributed by atoms with Gasteiger partial charge in [-0.05, 0) is 32.1 Å². The van der Waals surface area contributed by atoms with Crippen LogP contribution in [0.25, 0.3) is 0 Å². The summed E-state index contributed by atoms with van der Waals surface area (Å²) >= 11 is 0. The molecule has 0 aromatic carbocycles. The molecule has 7 heteroatoms. The number of carbonyl (C=O) groups excluding carboxylic acids is 2. The second kappa shape index (κ2) is 12.0. The Bertz CT molecular complexity index is 311. The average molecular weight is 335 g/mol. The fourth-order valence-electron chi connectivity index (χ4n) is 2.02. The van der Waals surface area contributed by atoms with Crippen molar-refractivity contribution in [1.82, 2.24) is 10.6 Å². The predicted octanol–water partition coefficient (Wildman–Crippen LogP) is 2.95. The van der Waals surface area contributed by atoms with Crippen molar-refractivity contribution in [3.63, 3.8) is 0 Å². The van der Waals surface area contributed by atoms with Crippen LogP contribution in [0.4, 0.5) is 4.79 Å². The van der Waals surface area contributed by atoms with Gasteiger partial charge >= 0.3 is 12.0 Å². The first-order chi connectivity index (χ1) is 10.2. The monoisotopic (exact) mass is 334 g/mol. The first-order valence-corrected chi connectivity index (χ1v) is 9.97. The van der Waals surface area contributed by atoms with Gasteiger partial charge in [0.2, 0.25) is 0 Å². The maximum absolute atomic E-state index is 11.5. The van der Waals surface area contributed by atoms with Gasteiger partial charge in [-0.1, -0.05) is 28.0 Å². The molecule has 1 rings (SSSR count). The number of urea groups is 1. The minimum atomic E-state index is -0.196. The zero-order valence-corrected chi connectivity index (χ0v) is 14.3. The van der Waals surface area contributed by atoms with Crippen LogP contribution in [0.3, 0.4) is 0 Å². The van der Waals surface area contributed by atoms with Gasteiger partial charge in [-0.15, -0.1) is 0 Å². The third-order valence-corrected chi connectivity index (χ3v) is 6.29. The highest BCUT2D eigenvalue weighted by Crippen LogP contribution is 2.39. The van der Waals surface area contributed by atoms with Crippen molar-refractivity contribution in [2.24, 2.45) is 0 Å². The quantitative estimate of drug-likeness (QED) is 0.365. The molecule has 1 fully saturated rings. The lowest BCUT2D eigenvalue weighted by molar-refractivity contribution is -0.140. The molecular formula is C14H26N2O3S2. The Morgan fingerprint density at radius 3 is 2.48 bits per heavy atom. The number of carbonyl (C=O) groups is 2. The lowest BCUT2D eigenvalue weighted by atomic mass is 10.1. The van der Waals surface area contributed by atoms with Crippen molar-refractivity contribution in [2.45, 2.75) is 50.2 Å². The SMILES string of the molecule is COC(=O)CCCCNC(=O)NCCCCC1CCSS1. The molecule has 1 aliphatic heterocycles. The van der Waals surface area contributed by atoms with E-state index in [2.05, 4.69) is 15.4 Å². The molecule has 0 aromatic heterocycles. The molecule has 2 N–H and O–H groups in total. The Balaban J connectivity index is 1.83. The fourth-order valence-corrected chi connectivity index (χ4v) is 5.05. The van der Waals surface area contributed by atoms with Gasteiger partial charge in [-0.2, -0.15) is 0 Å². The Morgan fingerprint density at radius 1 is 1.14 bits per heavy atom. The van der Waals surface area contributed by atoms with E-state index in [1.54, 1.807) is 0 Å². The summed E-state index contributed by atoms with van der Waals surface area (Å²) in [5.41, 5.74) is 0. The summed E-state index contributed by atoms with van der Waals surface area (Å²) in [6, 6.07) is -0.112. The normalized spacial score (nSPS) is 17.5. The summed E-state index contributed by atoms with van der Waals surface area (Å²) in [6.45, 7) is 1.33. The van der Waals surface area contributed by atoms with Crippen LogP contribution in [0.2, 0.25) is 0 Å². The van der Waals surface area contributed by atoms with Crippen molar-refractivity contribution < 1.29 is 14.3 Å². The fraction of sp³-hybridized carbons (Fsp3) is 0.857. The second-order valence-electron chi connectivity index (χ2n) is 5.04. The molecule has 1 atom stereocenters. The molecule has 0 radical (unpaired) electrons. The molecule has 1 saturated heterocycles. The van der Waals surface area contributed by atoms with Gasteiger partial charge in [0.05, 0.1) is 7.11 Å². The summed E-state index contributed by atoms with van der Waals surface area (Å²) in [5, 5.41) is 6.48. The summed E-state index contributed by atoms with van der Waals surface area (Å²) in [5.74, 6) is 1.09. The number of methoxy groups -OCH3 is 1. The van der Waals surface area contributed by atoms with Gasteiger partial charge in [0.25, 0.3) is 0 Å². The third kappa shape index (κ3) is 9.90. The van der Waals surface area contributed by atoms with Crippen molar-refractivity contribution in [2.75, 3.05) is 26.0 Å². The van der Waals surface area contributed by atoms with Crippen molar-refractivity contribution in [1.29, 1.82) is 0 Å². The number of rotatable bonds is 10. The number of amides is 2. The van der Waals surface area contributed by atoms with E-state index in [9.17, 15) is 9.59 Å². The minimum Gasteiger partial charge on any atom is -0.469 e. The maximum atomic E-state index is 11.5. The summed E-state index contributed by atoms with van der Waals surface area (Å²) in [6.07, 6.45) is 6.75. The molecule has 0 saturated carbocycles. The predicted molar refractivity (Wildman–Crippen MR) is 89.6 cm³/mol. The minimum absolute atomic E-state index is 0.112. The first kappa shape index (κ1) is 18.5. The Morgan fingerprint density at radius 2 is 1.86 bits per heavy atom. The summed E-state index contributed by atoms with van der Waals surface area (Å²) in [7, 11) is 5.37. The summed E-state index contributed by atoms with van der Waals surface area (Å²) < 4.78 is 4.55. The molecule has 122 valence electrons. The van der Waals surface area contributed by atoms with Crippen molar-refractivity contribution >= 4 is 33.6 Å². The average Bonchev–Trinajstić information content (AvgIpc) is 2.99. The van der Waals surface area contributed by atoms with Crippen molar-refractivity contribution in [3.8, 4) is 0 Å².